The molecule has 1 unspecified atom stereocenters. The molecule has 1 aliphatic heterocycles. The average molecular weight is 834 g/mol. The van der Waals surface area contributed by atoms with Crippen LogP contribution in [0.1, 0.15) is 48.4 Å². The number of nitrogens with two attached hydrogens (primary N) is 1. The molecule has 19 heteroatoms. The van der Waals surface area contributed by atoms with E-state index in [-0.39, 0.29) is 34.9 Å². The Bertz CT molecular complexity index is 2110. The molecule has 6 rings (SSSR count). The molecule has 3 atom stereocenters. The minimum atomic E-state index is -5.25. The quantitative estimate of drug-likeness (QED) is 0.0795. The molecule has 2 aromatic carbocycles. The van der Waals surface area contributed by atoms with Crippen molar-refractivity contribution < 1.29 is 49.6 Å². The van der Waals surface area contributed by atoms with E-state index in [0.29, 0.717) is 23.2 Å². The number of hydrogen-bond donors (Lipinski definition) is 1. The van der Waals surface area contributed by atoms with Gasteiger partial charge in [-0.25, -0.2) is 4.68 Å². The third kappa shape index (κ3) is 9.06. The van der Waals surface area contributed by atoms with E-state index in [0.717, 1.165) is 29.1 Å². The maximum Gasteiger partial charge on any atom is 0.578 e. The Hall–Kier alpha value is -4.08. The highest BCUT2D eigenvalue weighted by Crippen LogP contribution is 2.60. The highest BCUT2D eigenvalue weighted by atomic mass is 35.5. The van der Waals surface area contributed by atoms with Gasteiger partial charge in [0.1, 0.15) is 35.3 Å². The van der Waals surface area contributed by atoms with Gasteiger partial charge in [-0.3, -0.25) is 9.59 Å². The standard InChI is InChI=1S/C23H24O4S.C12H4Cl2F6N4OS/c1-23(2)19(12-17-8-9-28-22(17)25)20(23)21(24)27-14-16-11-18(26-13-16)10-15-6-4-3-5-7-15;13-5-1-4(11(15,16)17)2-6(14)8(5)24-10(22)9(7(3-21)23-24)26(25)12(18,19)20/h3-7,11-13,19-20H,8-10,14H2,1-2H3;1-2H,22H2/b17-12+;/t19-,20-;/m1./s1. The van der Waals surface area contributed by atoms with Crippen molar-refractivity contribution in [1.82, 2.24) is 9.78 Å². The lowest BCUT2D eigenvalue weighted by Crippen LogP contribution is -2.24. The van der Waals surface area contributed by atoms with Gasteiger partial charge < -0.3 is 19.4 Å². The number of rotatable bonds is 8. The van der Waals surface area contributed by atoms with Crippen LogP contribution < -0.4 is 5.73 Å². The normalized spacial score (nSPS) is 19.2. The number of nitrogen functional groups attached to an aromatic ring is 1. The summed E-state index contributed by atoms with van der Waals surface area (Å²) in [7, 11) is 0. The van der Waals surface area contributed by atoms with E-state index in [9.17, 15) is 40.5 Å². The Kier molecular flexibility index (Phi) is 12.1. The molecule has 1 saturated heterocycles. The number of benzene rings is 2. The number of thioether (sulfide) groups is 1. The van der Waals surface area contributed by atoms with E-state index in [1.807, 2.05) is 30.3 Å². The molecular weight excluding hydrogens is 805 g/mol. The van der Waals surface area contributed by atoms with Gasteiger partial charge in [0.05, 0.1) is 27.8 Å². The van der Waals surface area contributed by atoms with Crippen molar-refractivity contribution in [3.8, 4) is 11.8 Å². The van der Waals surface area contributed by atoms with E-state index in [1.165, 1.54) is 23.4 Å². The van der Waals surface area contributed by atoms with Gasteiger partial charge in [0.15, 0.2) is 5.82 Å². The summed E-state index contributed by atoms with van der Waals surface area (Å²) in [5.74, 6) is 0.490. The number of halogens is 8. The van der Waals surface area contributed by atoms with Crippen LogP contribution in [0.4, 0.5) is 32.2 Å². The zero-order valence-corrected chi connectivity index (χ0v) is 31.2. The number of anilines is 1. The van der Waals surface area contributed by atoms with Gasteiger partial charge in [0.25, 0.3) is 0 Å². The van der Waals surface area contributed by atoms with Gasteiger partial charge in [0.2, 0.25) is 15.7 Å². The Morgan fingerprint density at radius 2 is 1.81 bits per heavy atom. The summed E-state index contributed by atoms with van der Waals surface area (Å²) in [5.41, 5.74) is 0.312. The van der Waals surface area contributed by atoms with E-state index in [2.05, 4.69) is 31.1 Å². The van der Waals surface area contributed by atoms with Crippen LogP contribution in [-0.2, 0) is 44.7 Å². The number of carbonyl (C=O) groups excluding carboxylic acids is 2. The molecule has 0 radical (unpaired) electrons. The second kappa shape index (κ2) is 16.0. The molecule has 2 fully saturated rings. The monoisotopic (exact) mass is 832 g/mol. The Morgan fingerprint density at radius 1 is 1.17 bits per heavy atom. The van der Waals surface area contributed by atoms with Crippen LogP contribution in [0.15, 0.2) is 75.8 Å². The maximum absolute atomic E-state index is 12.7. The number of hydrogen-bond acceptors (Lipinski definition) is 9. The number of alkyl halides is 6. The zero-order valence-electron chi connectivity index (χ0n) is 28.1. The molecule has 286 valence electrons. The molecule has 0 spiro atoms. The fourth-order valence-electron chi connectivity index (χ4n) is 5.78. The van der Waals surface area contributed by atoms with Crippen molar-refractivity contribution >= 4 is 63.0 Å². The zero-order chi connectivity index (χ0) is 39.7. The predicted molar refractivity (Wildman–Crippen MR) is 189 cm³/mol. The third-order valence-electron chi connectivity index (χ3n) is 8.66. The van der Waals surface area contributed by atoms with Crippen LogP contribution in [0.3, 0.4) is 0 Å². The number of furan rings is 1. The lowest BCUT2D eigenvalue weighted by molar-refractivity contribution is -0.147. The fourth-order valence-corrected chi connectivity index (χ4v) is 8.06. The molecule has 54 heavy (non-hydrogen) atoms. The summed E-state index contributed by atoms with van der Waals surface area (Å²) < 4.78 is 99.5. The van der Waals surface area contributed by atoms with E-state index < -0.39 is 60.6 Å². The average Bonchev–Trinajstić information content (AvgIpc) is 3.54. The van der Waals surface area contributed by atoms with Crippen LogP contribution in [0.2, 0.25) is 10.0 Å². The van der Waals surface area contributed by atoms with Crippen LogP contribution in [0.5, 0.6) is 0 Å². The lowest BCUT2D eigenvalue weighted by Gasteiger charge is -2.14. The predicted octanol–water partition coefficient (Wildman–Crippen LogP) is 9.05. The SMILES string of the molecule is CC1(C)[C@H](/C=C2\CCSC2=O)[C@@H]1C(=O)OCc1coc(Cc2ccccc2)c1.N#Cc1nn(-c2c(Cl)cc(C(F)(F)F)cc2Cl)c(N)c1[S+]([O-])C(F)(F)F. The maximum atomic E-state index is 12.7. The smallest absolute Gasteiger partial charge is 0.578 e. The first-order valence-corrected chi connectivity index (χ1v) is 18.6. The van der Waals surface area contributed by atoms with E-state index >= 15 is 0 Å². The van der Waals surface area contributed by atoms with E-state index in [4.69, 9.17) is 43.4 Å². The van der Waals surface area contributed by atoms with Crippen LogP contribution in [0, 0.1) is 28.6 Å². The van der Waals surface area contributed by atoms with Crippen molar-refractivity contribution in [3.05, 3.63) is 105 Å². The van der Waals surface area contributed by atoms with Crippen molar-refractivity contribution in [2.75, 3.05) is 11.5 Å². The first-order valence-electron chi connectivity index (χ1n) is 15.7. The van der Waals surface area contributed by atoms with Crippen molar-refractivity contribution in [2.24, 2.45) is 17.3 Å². The number of ether oxygens (including phenoxy) is 1. The van der Waals surface area contributed by atoms with Crippen molar-refractivity contribution in [1.29, 1.82) is 5.26 Å². The summed E-state index contributed by atoms with van der Waals surface area (Å²) in [6.45, 7) is 4.33. The minimum absolute atomic E-state index is 0.0793. The Morgan fingerprint density at radius 3 is 2.37 bits per heavy atom. The summed E-state index contributed by atoms with van der Waals surface area (Å²) >= 11 is 9.14. The van der Waals surface area contributed by atoms with Gasteiger partial charge in [-0.15, -0.1) is 18.3 Å². The lowest BCUT2D eigenvalue weighted by atomic mass is 10.1. The first kappa shape index (κ1) is 41.1. The molecule has 0 amide bonds. The summed E-state index contributed by atoms with van der Waals surface area (Å²) in [4.78, 5) is 23.3. The molecular formula is C35H28Cl2F6N4O5S2. The number of nitrogens with zero attached hydrogens (tertiary/aromatic N) is 3. The highest BCUT2D eigenvalue weighted by molar-refractivity contribution is 8.14. The minimum Gasteiger partial charge on any atom is -0.604 e. The molecule has 2 N–H and O–H groups in total. The summed E-state index contributed by atoms with van der Waals surface area (Å²) in [6.07, 6.45) is 0.382. The van der Waals surface area contributed by atoms with Gasteiger partial charge in [-0.05, 0) is 41.5 Å². The van der Waals surface area contributed by atoms with Crippen LogP contribution >= 0.6 is 35.0 Å². The summed E-state index contributed by atoms with van der Waals surface area (Å²) in [5, 5.41) is 11.2. The second-order valence-corrected chi connectivity index (χ2v) is 16.0. The Labute approximate surface area is 321 Å². The molecule has 4 aromatic rings. The fraction of sp³-hybridized carbons (Fsp3) is 0.314. The molecule has 1 saturated carbocycles. The topological polar surface area (TPSA) is 147 Å². The first-order chi connectivity index (χ1) is 25.2. The Balaban J connectivity index is 0.000000208. The molecule has 1 aliphatic carbocycles. The molecule has 2 aromatic heterocycles. The number of nitriles is 1. The molecule has 3 heterocycles. The van der Waals surface area contributed by atoms with E-state index in [1.54, 1.807) is 6.26 Å². The van der Waals surface area contributed by atoms with Crippen molar-refractivity contribution in [3.63, 3.8) is 0 Å². The van der Waals surface area contributed by atoms with Crippen molar-refractivity contribution in [2.45, 2.75) is 49.9 Å². The highest BCUT2D eigenvalue weighted by Gasteiger charge is 2.61. The third-order valence-corrected chi connectivity index (χ3v) is 11.4. The molecule has 0 bridgehead atoms. The van der Waals surface area contributed by atoms with Gasteiger partial charge >= 0.3 is 17.7 Å². The van der Waals surface area contributed by atoms with Gasteiger partial charge in [0, 0.05) is 23.3 Å². The number of aromatic nitrogens is 2. The second-order valence-electron chi connectivity index (χ2n) is 12.7. The van der Waals surface area contributed by atoms with Gasteiger partial charge in [-0.1, -0.05) is 85.2 Å². The van der Waals surface area contributed by atoms with Gasteiger partial charge in [-0.2, -0.15) is 18.4 Å². The number of allylic oxidation sites excluding steroid dienone is 1. The largest absolute Gasteiger partial charge is 0.604 e. The van der Waals surface area contributed by atoms with Crippen LogP contribution in [-0.4, -0.2) is 36.7 Å². The number of esters is 1. The summed E-state index contributed by atoms with van der Waals surface area (Å²) in [6, 6.07) is 14.2. The molecule has 2 aliphatic rings. The molecule has 9 nitrogen and oxygen atoms in total. The van der Waals surface area contributed by atoms with Crippen LogP contribution in [0.25, 0.3) is 5.69 Å². The number of carbonyl (C=O) groups is 2.